The number of phenolic OH excluding ortho intramolecular Hbond substituents is 1. The van der Waals surface area contributed by atoms with Crippen LogP contribution in [-0.2, 0) is 25.5 Å². The number of fused-ring (bicyclic) bond motifs is 1. The van der Waals surface area contributed by atoms with Gasteiger partial charge in [0.25, 0.3) is 6.04 Å². The van der Waals surface area contributed by atoms with E-state index in [2.05, 4.69) is 5.32 Å². The maximum Gasteiger partial charge on any atom is 0.373 e. The molecule has 3 heterocycles. The lowest BCUT2D eigenvalue weighted by Gasteiger charge is -2.39. The van der Waals surface area contributed by atoms with Gasteiger partial charge in [-0.25, -0.2) is 14.4 Å². The van der Waals surface area contributed by atoms with Crippen LogP contribution in [0.5, 0.6) is 11.5 Å². The summed E-state index contributed by atoms with van der Waals surface area (Å²) in [4.78, 5) is 34.8. The molecule has 1 fully saturated rings. The number of ether oxygens (including phenoxy) is 2. The van der Waals surface area contributed by atoms with Crippen LogP contribution < -0.4 is 10.1 Å². The number of rotatable bonds is 7. The summed E-state index contributed by atoms with van der Waals surface area (Å²) < 4.78 is 12.1. The molecule has 1 aromatic rings. The maximum absolute atomic E-state index is 12.0. The Hall–Kier alpha value is -4.02. The molecule has 15 heteroatoms. The van der Waals surface area contributed by atoms with E-state index in [0.29, 0.717) is 11.1 Å². The molecule has 0 amide bonds. The van der Waals surface area contributed by atoms with Crippen molar-refractivity contribution in [1.82, 2.24) is 5.32 Å². The van der Waals surface area contributed by atoms with Crippen molar-refractivity contribution in [1.29, 1.82) is 0 Å². The van der Waals surface area contributed by atoms with Crippen molar-refractivity contribution in [2.24, 2.45) is 0 Å². The van der Waals surface area contributed by atoms with E-state index in [1.165, 1.54) is 35.1 Å². The highest BCUT2D eigenvalue weighted by Gasteiger charge is 2.46. The Morgan fingerprint density at radius 1 is 1.05 bits per heavy atom. The molecular weight excluding hydrogens is 524 g/mol. The van der Waals surface area contributed by atoms with Crippen LogP contribution in [0.25, 0.3) is 0 Å². The van der Waals surface area contributed by atoms with Crippen molar-refractivity contribution in [3.63, 3.8) is 0 Å². The summed E-state index contributed by atoms with van der Waals surface area (Å²) in [5.74, 6) is -4.55. The van der Waals surface area contributed by atoms with E-state index in [4.69, 9.17) is 9.47 Å². The molecule has 4 rings (SSSR count). The van der Waals surface area contributed by atoms with Gasteiger partial charge in [0, 0.05) is 18.1 Å². The zero-order valence-electron chi connectivity index (χ0n) is 20.1. The predicted molar refractivity (Wildman–Crippen MR) is 127 cm³/mol. The molecule has 3 aliphatic rings. The summed E-state index contributed by atoms with van der Waals surface area (Å²) in [7, 11) is 0. The molecule has 1 saturated heterocycles. The lowest BCUT2D eigenvalue weighted by Crippen LogP contribution is -2.60. The van der Waals surface area contributed by atoms with E-state index >= 15 is 0 Å². The van der Waals surface area contributed by atoms with Crippen LogP contribution in [0.2, 0.25) is 0 Å². The third kappa shape index (κ3) is 5.57. The number of carbonyl (C=O) groups is 3. The predicted octanol–water partition coefficient (Wildman–Crippen LogP) is -2.36. The van der Waals surface area contributed by atoms with Crippen LogP contribution in [0.15, 0.2) is 35.6 Å². The smallest absolute Gasteiger partial charge is 0.373 e. The van der Waals surface area contributed by atoms with Crippen LogP contribution in [0, 0.1) is 0 Å². The van der Waals surface area contributed by atoms with Gasteiger partial charge in [0.15, 0.2) is 17.7 Å². The summed E-state index contributed by atoms with van der Waals surface area (Å²) in [6, 6.07) is 0.177. The van der Waals surface area contributed by atoms with Gasteiger partial charge in [0.2, 0.25) is 12.0 Å². The van der Waals surface area contributed by atoms with Gasteiger partial charge in [-0.3, -0.25) is 0 Å². The van der Waals surface area contributed by atoms with Crippen LogP contribution >= 0.6 is 0 Å². The molecular formula is C24H27N2O13+. The lowest BCUT2D eigenvalue weighted by atomic mass is 9.99. The zero-order chi connectivity index (χ0) is 28.6. The number of carboxylic acid groups (broad SMARTS) is 3. The SMILES string of the molecule is O=C(O)C1=CC(=CC=[N+]2c3cc(O)c(OC4OC(CO)C(O)C(O)C4O)cc3CC2C(=O)O)CC(C(=O)O)N1. The van der Waals surface area contributed by atoms with Gasteiger partial charge >= 0.3 is 17.9 Å². The lowest BCUT2D eigenvalue weighted by molar-refractivity contribution is -0.456. The first kappa shape index (κ1) is 28.0. The number of hydrogen-bond donors (Lipinski definition) is 9. The molecule has 0 aromatic heterocycles. The highest BCUT2D eigenvalue weighted by Crippen LogP contribution is 2.40. The van der Waals surface area contributed by atoms with Gasteiger partial charge in [-0.2, -0.15) is 4.58 Å². The Morgan fingerprint density at radius 3 is 2.38 bits per heavy atom. The Morgan fingerprint density at radius 2 is 1.77 bits per heavy atom. The van der Waals surface area contributed by atoms with E-state index in [1.54, 1.807) is 0 Å². The number of benzene rings is 1. The van der Waals surface area contributed by atoms with Gasteiger partial charge in [-0.05, 0) is 17.7 Å². The van der Waals surface area contributed by atoms with E-state index in [1.807, 2.05) is 0 Å². The summed E-state index contributed by atoms with van der Waals surface area (Å²) in [5.41, 5.74) is 0.648. The monoisotopic (exact) mass is 551 g/mol. The minimum absolute atomic E-state index is 0.0504. The molecule has 0 saturated carbocycles. The molecule has 0 radical (unpaired) electrons. The Balaban J connectivity index is 1.66. The number of hydrogen-bond acceptors (Lipinski definition) is 11. The van der Waals surface area contributed by atoms with Crippen molar-refractivity contribution in [3.8, 4) is 11.5 Å². The van der Waals surface area contributed by atoms with Crippen LogP contribution in [-0.4, -0.2) is 119 Å². The normalized spacial score (nSPS) is 32.3. The largest absolute Gasteiger partial charge is 0.504 e. The highest BCUT2D eigenvalue weighted by molar-refractivity contribution is 5.89. The second kappa shape index (κ2) is 11.0. The first-order valence-electron chi connectivity index (χ1n) is 11.7. The molecule has 0 aliphatic carbocycles. The molecule has 39 heavy (non-hydrogen) atoms. The minimum atomic E-state index is -1.73. The first-order chi connectivity index (χ1) is 18.4. The number of aromatic hydroxyl groups is 1. The Labute approximate surface area is 219 Å². The van der Waals surface area contributed by atoms with Gasteiger partial charge in [0.1, 0.15) is 36.2 Å². The second-order valence-corrected chi connectivity index (χ2v) is 9.22. The Bertz CT molecular complexity index is 1270. The van der Waals surface area contributed by atoms with Gasteiger partial charge in [-0.15, -0.1) is 0 Å². The summed E-state index contributed by atoms with van der Waals surface area (Å²) in [5, 5.41) is 80.9. The quantitative estimate of drug-likeness (QED) is 0.161. The molecule has 0 bridgehead atoms. The standard InChI is InChI=1S/C24H26N2O13/c27-8-17-18(29)19(30)20(31)24(39-17)38-16-6-10-5-14(23(36)37)26(13(10)7-15(16)28)2-1-9-3-11(21(32)33)25-12(4-9)22(34)35/h1-3,6-7,12,14,17-20,24,27,29-31H,4-5,8H2,(H4,28,32,33,34,35,36,37)/p+1. The fourth-order valence-electron chi connectivity index (χ4n) is 4.58. The third-order valence-electron chi connectivity index (χ3n) is 6.64. The minimum Gasteiger partial charge on any atom is -0.504 e. The molecule has 15 nitrogen and oxygen atoms in total. The molecule has 210 valence electrons. The fourth-order valence-corrected chi connectivity index (χ4v) is 4.58. The van der Waals surface area contributed by atoms with Gasteiger partial charge in [-0.1, -0.05) is 0 Å². The van der Waals surface area contributed by atoms with E-state index in [-0.39, 0.29) is 30.0 Å². The summed E-state index contributed by atoms with van der Waals surface area (Å²) in [6.45, 7) is -0.687. The number of aliphatic carboxylic acids is 3. The average molecular weight is 551 g/mol. The van der Waals surface area contributed by atoms with Gasteiger partial charge in [0.05, 0.1) is 19.1 Å². The Kier molecular flexibility index (Phi) is 7.89. The van der Waals surface area contributed by atoms with E-state index in [0.717, 1.165) is 0 Å². The molecule has 9 N–H and O–H groups in total. The fraction of sp³-hybridized carbons (Fsp3) is 0.417. The second-order valence-electron chi connectivity index (χ2n) is 9.22. The van der Waals surface area contributed by atoms with Crippen molar-refractivity contribution in [3.05, 3.63) is 41.1 Å². The number of carboxylic acids is 3. The molecule has 7 atom stereocenters. The third-order valence-corrected chi connectivity index (χ3v) is 6.64. The summed E-state index contributed by atoms with van der Waals surface area (Å²) in [6.07, 6.45) is -4.03. The number of phenols is 1. The summed E-state index contributed by atoms with van der Waals surface area (Å²) >= 11 is 0. The van der Waals surface area contributed by atoms with Crippen LogP contribution in [0.4, 0.5) is 5.69 Å². The topological polar surface area (TPSA) is 247 Å². The molecule has 7 unspecified atom stereocenters. The molecule has 3 aliphatic heterocycles. The number of nitrogens with one attached hydrogen (secondary N) is 1. The number of aliphatic hydroxyl groups excluding tert-OH is 4. The van der Waals surface area contributed by atoms with Crippen LogP contribution in [0.3, 0.4) is 0 Å². The average Bonchev–Trinajstić information content (AvgIpc) is 3.24. The maximum atomic E-state index is 12.0. The van der Waals surface area contributed by atoms with Crippen molar-refractivity contribution < 1.29 is 69.3 Å². The molecule has 0 spiro atoms. The molecule has 1 aromatic carbocycles. The van der Waals surface area contributed by atoms with Crippen molar-refractivity contribution in [2.45, 2.75) is 55.6 Å². The van der Waals surface area contributed by atoms with Crippen molar-refractivity contribution in [2.75, 3.05) is 6.61 Å². The van der Waals surface area contributed by atoms with E-state index < -0.39 is 73.1 Å². The van der Waals surface area contributed by atoms with Gasteiger partial charge < -0.3 is 55.6 Å². The number of nitrogens with zero attached hydrogens (tertiary/aromatic N) is 1. The zero-order valence-corrected chi connectivity index (χ0v) is 20.1. The first-order valence-corrected chi connectivity index (χ1v) is 11.7. The van der Waals surface area contributed by atoms with E-state index in [9.17, 15) is 55.2 Å². The number of allylic oxidation sites excluding steroid dienone is 2. The van der Waals surface area contributed by atoms with Crippen molar-refractivity contribution >= 4 is 29.8 Å². The highest BCUT2D eigenvalue weighted by atomic mass is 16.7. The number of aliphatic hydroxyl groups is 4. The van der Waals surface area contributed by atoms with Crippen LogP contribution in [0.1, 0.15) is 12.0 Å².